The van der Waals surface area contributed by atoms with Gasteiger partial charge in [0.2, 0.25) is 0 Å². The number of aryl methyl sites for hydroxylation is 1. The van der Waals surface area contributed by atoms with Gasteiger partial charge in [0, 0.05) is 6.07 Å². The van der Waals surface area contributed by atoms with Crippen molar-refractivity contribution in [2.24, 2.45) is 5.73 Å². The highest BCUT2D eigenvalue weighted by molar-refractivity contribution is 7.14. The molecule has 0 bridgehead atoms. The van der Waals surface area contributed by atoms with Gasteiger partial charge in [-0.2, -0.15) is 0 Å². The fourth-order valence-electron chi connectivity index (χ4n) is 1.93. The van der Waals surface area contributed by atoms with Crippen LogP contribution in [0.4, 0.5) is 10.7 Å². The highest BCUT2D eigenvalue weighted by Gasteiger charge is 2.22. The van der Waals surface area contributed by atoms with E-state index in [0.29, 0.717) is 10.6 Å². The van der Waals surface area contributed by atoms with Crippen molar-refractivity contribution in [3.05, 3.63) is 50.9 Å². The molecule has 0 aliphatic carbocycles. The van der Waals surface area contributed by atoms with Gasteiger partial charge in [0.15, 0.2) is 11.9 Å². The van der Waals surface area contributed by atoms with E-state index < -0.39 is 22.8 Å². The highest BCUT2D eigenvalue weighted by atomic mass is 32.1. The summed E-state index contributed by atoms with van der Waals surface area (Å²) in [6.07, 6.45) is -1.01. The predicted octanol–water partition coefficient (Wildman–Crippen LogP) is 2.47. The summed E-state index contributed by atoms with van der Waals surface area (Å²) in [5, 5.41) is 15.5. The number of benzene rings is 1. The Hall–Kier alpha value is -2.94. The van der Waals surface area contributed by atoms with Crippen molar-refractivity contribution in [2.45, 2.75) is 20.0 Å². The smallest absolute Gasteiger partial charge is 0.311 e. The van der Waals surface area contributed by atoms with Gasteiger partial charge < -0.3 is 15.8 Å². The minimum Gasteiger partial charge on any atom is -0.474 e. The molecule has 0 fully saturated rings. The number of amides is 2. The summed E-state index contributed by atoms with van der Waals surface area (Å²) < 4.78 is 5.41. The maximum atomic E-state index is 12.2. The molecule has 1 aromatic heterocycles. The van der Waals surface area contributed by atoms with Crippen molar-refractivity contribution in [3.63, 3.8) is 0 Å². The number of primary amides is 1. The molecule has 0 aliphatic rings. The second kappa shape index (κ2) is 7.09. The number of hydrogen-bond donors (Lipinski definition) is 2. The fourth-order valence-corrected chi connectivity index (χ4v) is 2.72. The first-order valence-electron chi connectivity index (χ1n) is 6.89. The van der Waals surface area contributed by atoms with E-state index in [-0.39, 0.29) is 17.0 Å². The predicted molar refractivity (Wildman–Crippen MR) is 89.4 cm³/mol. The Balaban J connectivity index is 2.14. The Morgan fingerprint density at radius 2 is 2.08 bits per heavy atom. The van der Waals surface area contributed by atoms with Gasteiger partial charge in [-0.1, -0.05) is 6.07 Å². The summed E-state index contributed by atoms with van der Waals surface area (Å²) in [5.41, 5.74) is 5.89. The molecule has 8 nitrogen and oxygen atoms in total. The van der Waals surface area contributed by atoms with Crippen LogP contribution in [-0.4, -0.2) is 22.8 Å². The maximum Gasteiger partial charge on any atom is 0.311 e. The second-order valence-electron chi connectivity index (χ2n) is 5.01. The minimum absolute atomic E-state index is 0.00504. The van der Waals surface area contributed by atoms with Gasteiger partial charge in [0.05, 0.1) is 10.5 Å². The van der Waals surface area contributed by atoms with Crippen LogP contribution < -0.4 is 15.8 Å². The summed E-state index contributed by atoms with van der Waals surface area (Å²) in [6.45, 7) is 3.17. The van der Waals surface area contributed by atoms with Crippen LogP contribution in [0.5, 0.6) is 5.75 Å². The largest absolute Gasteiger partial charge is 0.474 e. The fraction of sp³-hybridized carbons (Fsp3) is 0.200. The molecular formula is C15H15N3O5S. The van der Waals surface area contributed by atoms with E-state index in [2.05, 4.69) is 5.32 Å². The van der Waals surface area contributed by atoms with Crippen molar-refractivity contribution in [2.75, 3.05) is 5.32 Å². The molecule has 9 heteroatoms. The van der Waals surface area contributed by atoms with E-state index in [0.717, 1.165) is 11.3 Å². The maximum absolute atomic E-state index is 12.2. The first-order chi connectivity index (χ1) is 11.3. The number of ether oxygens (including phenoxy) is 1. The van der Waals surface area contributed by atoms with Gasteiger partial charge in [0.1, 0.15) is 5.00 Å². The van der Waals surface area contributed by atoms with Crippen LogP contribution in [0, 0.1) is 17.0 Å². The molecule has 0 unspecified atom stereocenters. The van der Waals surface area contributed by atoms with Crippen LogP contribution in [0.2, 0.25) is 0 Å². The monoisotopic (exact) mass is 349 g/mol. The number of nitro benzene ring substituents is 1. The molecule has 3 N–H and O–H groups in total. The Labute approximate surface area is 141 Å². The Morgan fingerprint density at radius 3 is 2.71 bits per heavy atom. The van der Waals surface area contributed by atoms with Gasteiger partial charge in [-0.15, -0.1) is 11.3 Å². The molecular weight excluding hydrogens is 334 g/mol. The summed E-state index contributed by atoms with van der Waals surface area (Å²) in [5.74, 6) is -1.21. The van der Waals surface area contributed by atoms with Crippen molar-refractivity contribution >= 4 is 33.8 Å². The van der Waals surface area contributed by atoms with E-state index in [9.17, 15) is 19.7 Å². The topological polar surface area (TPSA) is 125 Å². The number of rotatable bonds is 6. The lowest BCUT2D eigenvalue weighted by atomic mass is 10.2. The lowest BCUT2D eigenvalue weighted by Crippen LogP contribution is -2.30. The first kappa shape index (κ1) is 17.4. The summed E-state index contributed by atoms with van der Waals surface area (Å²) in [7, 11) is 0. The van der Waals surface area contributed by atoms with E-state index in [1.807, 2.05) is 0 Å². The Morgan fingerprint density at radius 1 is 1.38 bits per heavy atom. The zero-order valence-corrected chi connectivity index (χ0v) is 13.8. The molecule has 0 spiro atoms. The van der Waals surface area contributed by atoms with Crippen LogP contribution in [0.3, 0.4) is 0 Å². The third kappa shape index (κ3) is 3.87. The number of carbonyl (C=O) groups is 2. The van der Waals surface area contributed by atoms with Crippen molar-refractivity contribution in [1.82, 2.24) is 0 Å². The normalized spacial score (nSPS) is 11.6. The third-order valence-corrected chi connectivity index (χ3v) is 3.98. The number of nitrogens with two attached hydrogens (primary N) is 1. The zero-order chi connectivity index (χ0) is 17.9. The summed E-state index contributed by atoms with van der Waals surface area (Å²) in [6, 6.07) is 5.96. The molecule has 1 aromatic carbocycles. The van der Waals surface area contributed by atoms with Gasteiger partial charge >= 0.3 is 5.69 Å². The lowest BCUT2D eigenvalue weighted by molar-refractivity contribution is -0.386. The van der Waals surface area contributed by atoms with Gasteiger partial charge in [-0.3, -0.25) is 19.7 Å². The number of carbonyl (C=O) groups excluding carboxylic acids is 2. The molecule has 126 valence electrons. The van der Waals surface area contributed by atoms with E-state index >= 15 is 0 Å². The van der Waals surface area contributed by atoms with Crippen molar-refractivity contribution < 1.29 is 19.2 Å². The minimum atomic E-state index is -1.01. The SMILES string of the molecule is Cc1ccc(O[C@@H](C)C(=O)Nc2sccc2C(N)=O)c([N+](=O)[O-])c1. The van der Waals surface area contributed by atoms with E-state index in [1.165, 1.54) is 25.1 Å². The quantitative estimate of drug-likeness (QED) is 0.612. The van der Waals surface area contributed by atoms with Gasteiger partial charge in [-0.05, 0) is 36.9 Å². The average molecular weight is 349 g/mol. The van der Waals surface area contributed by atoms with Crippen LogP contribution in [-0.2, 0) is 4.79 Å². The highest BCUT2D eigenvalue weighted by Crippen LogP contribution is 2.29. The number of hydrogen-bond acceptors (Lipinski definition) is 6. The lowest BCUT2D eigenvalue weighted by Gasteiger charge is -2.14. The van der Waals surface area contributed by atoms with E-state index in [4.69, 9.17) is 10.5 Å². The molecule has 0 saturated heterocycles. The number of thiophene rings is 1. The average Bonchev–Trinajstić information content (AvgIpc) is 2.97. The number of nitro groups is 1. The van der Waals surface area contributed by atoms with Gasteiger partial charge in [-0.25, -0.2) is 0 Å². The molecule has 0 aliphatic heterocycles. The summed E-state index contributed by atoms with van der Waals surface area (Å²) in [4.78, 5) is 33.9. The second-order valence-corrected chi connectivity index (χ2v) is 5.92. The molecule has 2 amide bonds. The van der Waals surface area contributed by atoms with Crippen LogP contribution >= 0.6 is 11.3 Å². The molecule has 2 aromatic rings. The molecule has 2 rings (SSSR count). The Bertz CT molecular complexity index is 802. The molecule has 1 heterocycles. The van der Waals surface area contributed by atoms with Gasteiger partial charge in [0.25, 0.3) is 11.8 Å². The number of nitrogens with zero attached hydrogens (tertiary/aromatic N) is 1. The van der Waals surface area contributed by atoms with Crippen molar-refractivity contribution in [3.8, 4) is 5.75 Å². The van der Waals surface area contributed by atoms with Crippen LogP contribution in [0.15, 0.2) is 29.6 Å². The zero-order valence-electron chi connectivity index (χ0n) is 12.9. The van der Waals surface area contributed by atoms with Crippen molar-refractivity contribution in [1.29, 1.82) is 0 Å². The molecule has 1 atom stereocenters. The van der Waals surface area contributed by atoms with Crippen LogP contribution in [0.1, 0.15) is 22.8 Å². The number of anilines is 1. The number of nitrogens with one attached hydrogen (secondary N) is 1. The molecule has 0 radical (unpaired) electrons. The standard InChI is InChI=1S/C15H15N3O5S/c1-8-3-4-12(11(7-8)18(21)22)23-9(2)14(20)17-15-10(13(16)19)5-6-24-15/h3-7,9H,1-2H3,(H2,16,19)(H,17,20)/t9-/m0/s1. The molecule has 0 saturated carbocycles. The first-order valence-corrected chi connectivity index (χ1v) is 7.77. The summed E-state index contributed by atoms with van der Waals surface area (Å²) >= 11 is 1.14. The van der Waals surface area contributed by atoms with E-state index in [1.54, 1.807) is 18.4 Å². The Kier molecular flexibility index (Phi) is 5.14. The third-order valence-electron chi connectivity index (χ3n) is 3.15. The molecule has 24 heavy (non-hydrogen) atoms. The van der Waals surface area contributed by atoms with Crippen LogP contribution in [0.25, 0.3) is 0 Å².